The summed E-state index contributed by atoms with van der Waals surface area (Å²) in [5, 5.41) is 6.10. The SMILES string of the molecule is COc1c(Cl)cc(Cl)cc1C(=O)Nc1cccc(NC(=O)C(C)C)c1. The zero-order chi connectivity index (χ0) is 18.6. The molecule has 0 bridgehead atoms. The van der Waals surface area contributed by atoms with Crippen molar-refractivity contribution in [2.75, 3.05) is 17.7 Å². The van der Waals surface area contributed by atoms with Gasteiger partial charge in [-0.3, -0.25) is 9.59 Å². The van der Waals surface area contributed by atoms with E-state index in [1.54, 1.807) is 38.1 Å². The number of ether oxygens (including phenoxy) is 1. The van der Waals surface area contributed by atoms with Crippen LogP contribution in [0.4, 0.5) is 11.4 Å². The molecule has 7 heteroatoms. The van der Waals surface area contributed by atoms with Crippen LogP contribution in [0, 0.1) is 5.92 Å². The van der Waals surface area contributed by atoms with Crippen molar-refractivity contribution in [1.29, 1.82) is 0 Å². The van der Waals surface area contributed by atoms with Gasteiger partial charge in [0.25, 0.3) is 5.91 Å². The molecule has 0 unspecified atom stereocenters. The molecule has 2 N–H and O–H groups in total. The highest BCUT2D eigenvalue weighted by molar-refractivity contribution is 6.36. The van der Waals surface area contributed by atoms with Gasteiger partial charge in [-0.1, -0.05) is 43.1 Å². The molecule has 0 radical (unpaired) electrons. The van der Waals surface area contributed by atoms with Crippen molar-refractivity contribution in [3.8, 4) is 5.75 Å². The predicted molar refractivity (Wildman–Crippen MR) is 101 cm³/mol. The van der Waals surface area contributed by atoms with Crippen LogP contribution in [-0.2, 0) is 4.79 Å². The van der Waals surface area contributed by atoms with Crippen molar-refractivity contribution in [2.45, 2.75) is 13.8 Å². The van der Waals surface area contributed by atoms with Crippen molar-refractivity contribution in [2.24, 2.45) is 5.92 Å². The van der Waals surface area contributed by atoms with Crippen molar-refractivity contribution >= 4 is 46.4 Å². The quantitative estimate of drug-likeness (QED) is 0.778. The summed E-state index contributed by atoms with van der Waals surface area (Å²) in [6.07, 6.45) is 0. The summed E-state index contributed by atoms with van der Waals surface area (Å²) in [6, 6.07) is 9.83. The van der Waals surface area contributed by atoms with Crippen LogP contribution in [-0.4, -0.2) is 18.9 Å². The zero-order valence-corrected chi connectivity index (χ0v) is 15.5. The van der Waals surface area contributed by atoms with Gasteiger partial charge in [0, 0.05) is 22.3 Å². The summed E-state index contributed by atoms with van der Waals surface area (Å²) in [6.45, 7) is 3.60. The molecule has 132 valence electrons. The van der Waals surface area contributed by atoms with E-state index in [4.69, 9.17) is 27.9 Å². The Kier molecular flexibility index (Phi) is 6.28. The second-order valence-corrected chi connectivity index (χ2v) is 6.49. The van der Waals surface area contributed by atoms with E-state index >= 15 is 0 Å². The molecule has 0 aliphatic carbocycles. The van der Waals surface area contributed by atoms with Crippen molar-refractivity contribution in [1.82, 2.24) is 0 Å². The molecule has 2 amide bonds. The molecule has 0 saturated carbocycles. The number of amides is 2. The van der Waals surface area contributed by atoms with Gasteiger partial charge < -0.3 is 15.4 Å². The van der Waals surface area contributed by atoms with Gasteiger partial charge in [-0.25, -0.2) is 0 Å². The standard InChI is InChI=1S/C18H18Cl2N2O3/c1-10(2)17(23)21-12-5-4-6-13(9-12)22-18(24)14-7-11(19)8-15(20)16(14)25-3/h4-10H,1-3H3,(H,21,23)(H,22,24). The minimum Gasteiger partial charge on any atom is -0.494 e. The van der Waals surface area contributed by atoms with Gasteiger partial charge in [0.1, 0.15) is 5.75 Å². The lowest BCUT2D eigenvalue weighted by Gasteiger charge is -2.13. The number of hydrogen-bond donors (Lipinski definition) is 2. The van der Waals surface area contributed by atoms with Crippen molar-refractivity contribution in [3.05, 3.63) is 52.0 Å². The molecule has 0 aliphatic rings. The number of anilines is 2. The smallest absolute Gasteiger partial charge is 0.259 e. The van der Waals surface area contributed by atoms with Crippen LogP contribution in [0.3, 0.4) is 0 Å². The molecular formula is C18H18Cl2N2O3. The molecule has 0 heterocycles. The summed E-state index contributed by atoms with van der Waals surface area (Å²) >= 11 is 12.0. The lowest BCUT2D eigenvalue weighted by molar-refractivity contribution is -0.118. The molecule has 0 saturated heterocycles. The highest BCUT2D eigenvalue weighted by atomic mass is 35.5. The lowest BCUT2D eigenvalue weighted by atomic mass is 10.1. The van der Waals surface area contributed by atoms with Gasteiger partial charge in [-0.15, -0.1) is 0 Å². The number of carbonyl (C=O) groups is 2. The fraction of sp³-hybridized carbons (Fsp3) is 0.222. The van der Waals surface area contributed by atoms with Crippen LogP contribution in [0.15, 0.2) is 36.4 Å². The highest BCUT2D eigenvalue weighted by Crippen LogP contribution is 2.32. The summed E-state index contributed by atoms with van der Waals surface area (Å²) in [7, 11) is 1.42. The maximum absolute atomic E-state index is 12.5. The Bertz CT molecular complexity index is 807. The van der Waals surface area contributed by atoms with Crippen LogP contribution in [0.25, 0.3) is 0 Å². The molecule has 0 spiro atoms. The Labute approximate surface area is 156 Å². The number of carbonyl (C=O) groups excluding carboxylic acids is 2. The lowest BCUT2D eigenvalue weighted by Crippen LogP contribution is -2.18. The third-order valence-corrected chi connectivity index (χ3v) is 3.87. The Hall–Kier alpha value is -2.24. The summed E-state index contributed by atoms with van der Waals surface area (Å²) in [5.74, 6) is -0.427. The molecular weight excluding hydrogens is 363 g/mol. The third kappa shape index (κ3) is 4.87. The molecule has 25 heavy (non-hydrogen) atoms. The fourth-order valence-corrected chi connectivity index (χ4v) is 2.67. The number of nitrogens with one attached hydrogen (secondary N) is 2. The first-order valence-electron chi connectivity index (χ1n) is 7.57. The predicted octanol–water partition coefficient (Wildman–Crippen LogP) is 4.85. The van der Waals surface area contributed by atoms with Gasteiger partial charge >= 0.3 is 0 Å². The normalized spacial score (nSPS) is 10.5. The van der Waals surface area contributed by atoms with E-state index < -0.39 is 5.91 Å². The molecule has 2 rings (SSSR count). The number of halogens is 2. The molecule has 2 aromatic rings. The van der Waals surface area contributed by atoms with E-state index in [0.29, 0.717) is 16.4 Å². The molecule has 5 nitrogen and oxygen atoms in total. The van der Waals surface area contributed by atoms with Crippen LogP contribution >= 0.6 is 23.2 Å². The molecule has 2 aromatic carbocycles. The first-order chi connectivity index (χ1) is 11.8. The summed E-state index contributed by atoms with van der Waals surface area (Å²) < 4.78 is 5.18. The minimum atomic E-state index is -0.423. The number of rotatable bonds is 5. The van der Waals surface area contributed by atoms with Crippen LogP contribution in [0.5, 0.6) is 5.75 Å². The summed E-state index contributed by atoms with van der Waals surface area (Å²) in [5.41, 5.74) is 1.33. The number of methoxy groups -OCH3 is 1. The van der Waals surface area contributed by atoms with Crippen LogP contribution in [0.2, 0.25) is 10.0 Å². The van der Waals surface area contributed by atoms with E-state index in [1.807, 2.05) is 0 Å². The van der Waals surface area contributed by atoms with Gasteiger partial charge in [0.15, 0.2) is 0 Å². The largest absolute Gasteiger partial charge is 0.494 e. The van der Waals surface area contributed by atoms with Crippen molar-refractivity contribution < 1.29 is 14.3 Å². The number of hydrogen-bond acceptors (Lipinski definition) is 3. The van der Waals surface area contributed by atoms with Crippen LogP contribution < -0.4 is 15.4 Å². The van der Waals surface area contributed by atoms with Crippen molar-refractivity contribution in [3.63, 3.8) is 0 Å². The van der Waals surface area contributed by atoms with Gasteiger partial charge in [-0.2, -0.15) is 0 Å². The van der Waals surface area contributed by atoms with E-state index in [1.165, 1.54) is 19.2 Å². The monoisotopic (exact) mass is 380 g/mol. The Morgan fingerprint density at radius 2 is 1.68 bits per heavy atom. The molecule has 0 aliphatic heterocycles. The molecule has 0 atom stereocenters. The second-order valence-electron chi connectivity index (χ2n) is 5.65. The second kappa shape index (κ2) is 8.23. The first kappa shape index (κ1) is 19.1. The van der Waals surface area contributed by atoms with E-state index in [0.717, 1.165) is 0 Å². The fourth-order valence-electron chi connectivity index (χ4n) is 2.10. The van der Waals surface area contributed by atoms with E-state index in [2.05, 4.69) is 10.6 Å². The average molecular weight is 381 g/mol. The maximum Gasteiger partial charge on any atom is 0.259 e. The maximum atomic E-state index is 12.5. The highest BCUT2D eigenvalue weighted by Gasteiger charge is 2.17. The third-order valence-electron chi connectivity index (χ3n) is 3.37. The topological polar surface area (TPSA) is 67.4 Å². The Morgan fingerprint density at radius 3 is 2.28 bits per heavy atom. The number of benzene rings is 2. The summed E-state index contributed by atoms with van der Waals surface area (Å²) in [4.78, 5) is 24.3. The average Bonchev–Trinajstić information content (AvgIpc) is 2.54. The zero-order valence-electron chi connectivity index (χ0n) is 14.0. The molecule has 0 aromatic heterocycles. The van der Waals surface area contributed by atoms with E-state index in [-0.39, 0.29) is 28.2 Å². The van der Waals surface area contributed by atoms with Crippen LogP contribution in [0.1, 0.15) is 24.2 Å². The van der Waals surface area contributed by atoms with Gasteiger partial charge in [-0.05, 0) is 30.3 Å². The Morgan fingerprint density at radius 1 is 1.04 bits per heavy atom. The minimum absolute atomic E-state index is 0.105. The van der Waals surface area contributed by atoms with Gasteiger partial charge in [0.05, 0.1) is 17.7 Å². The Balaban J connectivity index is 2.23. The molecule has 0 fully saturated rings. The van der Waals surface area contributed by atoms with E-state index in [9.17, 15) is 9.59 Å². The first-order valence-corrected chi connectivity index (χ1v) is 8.32. The van der Waals surface area contributed by atoms with Gasteiger partial charge in [0.2, 0.25) is 5.91 Å².